The number of carbonyl (C=O) groups is 1. The third-order valence-corrected chi connectivity index (χ3v) is 3.77. The van der Waals surface area contributed by atoms with Gasteiger partial charge < -0.3 is 14.6 Å². The topological polar surface area (TPSA) is 77.2 Å². The van der Waals surface area contributed by atoms with E-state index in [0.717, 1.165) is 17.0 Å². The fraction of sp³-hybridized carbons (Fsp3) is 0.211. The van der Waals surface area contributed by atoms with Crippen LogP contribution in [0.3, 0.4) is 0 Å². The molecule has 2 heterocycles. The zero-order chi connectivity index (χ0) is 17.6. The molecule has 6 nitrogen and oxygen atoms in total. The summed E-state index contributed by atoms with van der Waals surface area (Å²) < 4.78 is 10.7. The van der Waals surface area contributed by atoms with Crippen molar-refractivity contribution >= 4 is 11.6 Å². The van der Waals surface area contributed by atoms with Gasteiger partial charge in [0.2, 0.25) is 11.8 Å². The number of pyridine rings is 1. The first-order valence-electron chi connectivity index (χ1n) is 8.02. The maximum Gasteiger partial charge on any atom is 0.224 e. The number of anilines is 1. The van der Waals surface area contributed by atoms with Gasteiger partial charge in [0, 0.05) is 18.1 Å². The molecule has 0 bridgehead atoms. The van der Waals surface area contributed by atoms with Gasteiger partial charge in [0.05, 0.1) is 17.6 Å². The standard InChI is InChI=1S/C19H19N3O3/c1-13-17(14(2)25-22-13)9-10-18(23)21-15-8-11-19(20-12-15)24-16-6-4-3-5-7-16/h3-8,11-12H,9-10H2,1-2H3,(H,21,23). The molecule has 6 heteroatoms. The van der Waals surface area contributed by atoms with Crippen molar-refractivity contribution in [2.24, 2.45) is 0 Å². The second-order valence-corrected chi connectivity index (χ2v) is 5.65. The number of para-hydroxylation sites is 1. The lowest BCUT2D eigenvalue weighted by Crippen LogP contribution is -2.12. The summed E-state index contributed by atoms with van der Waals surface area (Å²) in [7, 11) is 0. The Morgan fingerprint density at radius 3 is 2.60 bits per heavy atom. The van der Waals surface area contributed by atoms with Crippen molar-refractivity contribution in [1.29, 1.82) is 0 Å². The summed E-state index contributed by atoms with van der Waals surface area (Å²) in [5, 5.41) is 6.72. The number of aryl methyl sites for hydroxylation is 2. The van der Waals surface area contributed by atoms with Gasteiger partial charge >= 0.3 is 0 Å². The van der Waals surface area contributed by atoms with E-state index in [4.69, 9.17) is 9.26 Å². The first kappa shape index (κ1) is 16.7. The predicted molar refractivity (Wildman–Crippen MR) is 93.7 cm³/mol. The Balaban J connectivity index is 1.53. The Bertz CT molecular complexity index is 823. The maximum absolute atomic E-state index is 12.1. The van der Waals surface area contributed by atoms with Crippen LogP contribution in [0.5, 0.6) is 11.6 Å². The van der Waals surface area contributed by atoms with Crippen molar-refractivity contribution in [1.82, 2.24) is 10.1 Å². The second kappa shape index (κ2) is 7.61. The van der Waals surface area contributed by atoms with Crippen molar-refractivity contribution in [2.45, 2.75) is 26.7 Å². The molecule has 3 rings (SSSR count). The highest BCUT2D eigenvalue weighted by molar-refractivity contribution is 5.90. The molecule has 128 valence electrons. The quantitative estimate of drug-likeness (QED) is 0.734. The molecule has 0 radical (unpaired) electrons. The molecule has 0 atom stereocenters. The van der Waals surface area contributed by atoms with E-state index in [2.05, 4.69) is 15.5 Å². The van der Waals surface area contributed by atoms with Crippen LogP contribution in [0.4, 0.5) is 5.69 Å². The molecule has 0 aliphatic carbocycles. The normalized spacial score (nSPS) is 10.5. The molecule has 0 aliphatic rings. The summed E-state index contributed by atoms with van der Waals surface area (Å²) in [6.45, 7) is 3.72. The Labute approximate surface area is 145 Å². The predicted octanol–water partition coefficient (Wildman–Crippen LogP) is 4.05. The van der Waals surface area contributed by atoms with Crippen molar-refractivity contribution in [3.05, 3.63) is 65.7 Å². The van der Waals surface area contributed by atoms with Gasteiger partial charge in [0.1, 0.15) is 11.5 Å². The monoisotopic (exact) mass is 337 g/mol. The smallest absolute Gasteiger partial charge is 0.224 e. The molecular weight excluding hydrogens is 318 g/mol. The molecule has 1 amide bonds. The van der Waals surface area contributed by atoms with E-state index >= 15 is 0 Å². The molecule has 0 saturated carbocycles. The van der Waals surface area contributed by atoms with Crippen LogP contribution >= 0.6 is 0 Å². The van der Waals surface area contributed by atoms with E-state index in [1.807, 2.05) is 44.2 Å². The minimum absolute atomic E-state index is 0.0847. The first-order valence-corrected chi connectivity index (χ1v) is 8.02. The van der Waals surface area contributed by atoms with Crippen LogP contribution in [0.25, 0.3) is 0 Å². The van der Waals surface area contributed by atoms with Crippen LogP contribution < -0.4 is 10.1 Å². The highest BCUT2D eigenvalue weighted by atomic mass is 16.5. The van der Waals surface area contributed by atoms with Gasteiger partial charge in [-0.3, -0.25) is 4.79 Å². The zero-order valence-electron chi connectivity index (χ0n) is 14.2. The SMILES string of the molecule is Cc1noc(C)c1CCC(=O)Nc1ccc(Oc2ccccc2)nc1. The van der Waals surface area contributed by atoms with Gasteiger partial charge in [-0.15, -0.1) is 0 Å². The summed E-state index contributed by atoms with van der Waals surface area (Å²) in [6, 6.07) is 12.9. The van der Waals surface area contributed by atoms with E-state index in [1.165, 1.54) is 0 Å². The maximum atomic E-state index is 12.1. The molecule has 0 spiro atoms. The number of hydrogen-bond acceptors (Lipinski definition) is 5. The van der Waals surface area contributed by atoms with E-state index in [-0.39, 0.29) is 5.91 Å². The fourth-order valence-corrected chi connectivity index (χ4v) is 2.44. The number of benzene rings is 1. The summed E-state index contributed by atoms with van der Waals surface area (Å²) in [6.07, 6.45) is 2.52. The molecule has 0 fully saturated rings. The Morgan fingerprint density at radius 1 is 1.16 bits per heavy atom. The number of aromatic nitrogens is 2. The van der Waals surface area contributed by atoms with Crippen LogP contribution in [0.2, 0.25) is 0 Å². The number of nitrogens with one attached hydrogen (secondary N) is 1. The van der Waals surface area contributed by atoms with Crippen molar-refractivity contribution < 1.29 is 14.1 Å². The molecule has 0 aliphatic heterocycles. The highest BCUT2D eigenvalue weighted by Crippen LogP contribution is 2.20. The molecule has 25 heavy (non-hydrogen) atoms. The van der Waals surface area contributed by atoms with Gasteiger partial charge in [-0.1, -0.05) is 23.4 Å². The minimum atomic E-state index is -0.0847. The van der Waals surface area contributed by atoms with Gasteiger partial charge in [-0.05, 0) is 38.5 Å². The molecule has 0 unspecified atom stereocenters. The Kier molecular flexibility index (Phi) is 5.09. The number of rotatable bonds is 6. The van der Waals surface area contributed by atoms with E-state index in [1.54, 1.807) is 18.3 Å². The van der Waals surface area contributed by atoms with Crippen LogP contribution in [0, 0.1) is 13.8 Å². The summed E-state index contributed by atoms with van der Waals surface area (Å²) in [5.74, 6) is 1.86. The lowest BCUT2D eigenvalue weighted by Gasteiger charge is -2.07. The van der Waals surface area contributed by atoms with E-state index < -0.39 is 0 Å². The minimum Gasteiger partial charge on any atom is -0.439 e. The lowest BCUT2D eigenvalue weighted by molar-refractivity contribution is -0.116. The van der Waals surface area contributed by atoms with Crippen LogP contribution in [0.15, 0.2) is 53.2 Å². The Morgan fingerprint density at radius 2 is 1.96 bits per heavy atom. The number of carbonyl (C=O) groups excluding carboxylic acids is 1. The lowest BCUT2D eigenvalue weighted by atomic mass is 10.1. The first-order chi connectivity index (χ1) is 12.1. The summed E-state index contributed by atoms with van der Waals surface area (Å²) in [5.41, 5.74) is 2.44. The average molecular weight is 337 g/mol. The van der Waals surface area contributed by atoms with Gasteiger partial charge in [0.25, 0.3) is 0 Å². The number of nitrogens with zero attached hydrogens (tertiary/aromatic N) is 2. The Hall–Kier alpha value is -3.15. The van der Waals surface area contributed by atoms with Crippen molar-refractivity contribution in [3.8, 4) is 11.6 Å². The number of amides is 1. The van der Waals surface area contributed by atoms with Gasteiger partial charge in [0.15, 0.2) is 0 Å². The number of hydrogen-bond donors (Lipinski definition) is 1. The molecule has 2 aromatic heterocycles. The van der Waals surface area contributed by atoms with Crippen molar-refractivity contribution in [3.63, 3.8) is 0 Å². The van der Waals surface area contributed by atoms with Crippen LogP contribution in [-0.4, -0.2) is 16.0 Å². The molecular formula is C19H19N3O3. The fourth-order valence-electron chi connectivity index (χ4n) is 2.44. The van der Waals surface area contributed by atoms with Gasteiger partial charge in [-0.25, -0.2) is 4.98 Å². The van der Waals surface area contributed by atoms with E-state index in [0.29, 0.717) is 30.2 Å². The van der Waals surface area contributed by atoms with Crippen LogP contribution in [-0.2, 0) is 11.2 Å². The molecule has 0 saturated heterocycles. The largest absolute Gasteiger partial charge is 0.439 e. The number of ether oxygens (including phenoxy) is 1. The average Bonchev–Trinajstić information content (AvgIpc) is 2.94. The van der Waals surface area contributed by atoms with E-state index in [9.17, 15) is 4.79 Å². The third kappa shape index (κ3) is 4.44. The molecule has 1 N–H and O–H groups in total. The highest BCUT2D eigenvalue weighted by Gasteiger charge is 2.11. The zero-order valence-corrected chi connectivity index (χ0v) is 14.2. The third-order valence-electron chi connectivity index (χ3n) is 3.77. The molecule has 1 aromatic carbocycles. The summed E-state index contributed by atoms with van der Waals surface area (Å²) in [4.78, 5) is 16.3. The molecule has 3 aromatic rings. The van der Waals surface area contributed by atoms with Crippen LogP contribution in [0.1, 0.15) is 23.4 Å². The van der Waals surface area contributed by atoms with Crippen molar-refractivity contribution in [2.75, 3.05) is 5.32 Å². The summed E-state index contributed by atoms with van der Waals surface area (Å²) >= 11 is 0. The van der Waals surface area contributed by atoms with Gasteiger partial charge in [-0.2, -0.15) is 0 Å². The second-order valence-electron chi connectivity index (χ2n) is 5.65.